The molecule has 2 aromatic carbocycles. The van der Waals surface area contributed by atoms with Gasteiger partial charge in [-0.15, -0.1) is 0 Å². The van der Waals surface area contributed by atoms with Crippen molar-refractivity contribution in [1.82, 2.24) is 10.6 Å². The van der Waals surface area contributed by atoms with Crippen molar-refractivity contribution >= 4 is 29.4 Å². The molecule has 0 unspecified atom stereocenters. The molecule has 2 amide bonds. The molecule has 3 rings (SSSR count). The number of hydrogen-bond acceptors (Lipinski definition) is 6. The highest BCUT2D eigenvalue weighted by Crippen LogP contribution is 2.28. The molecule has 0 spiro atoms. The van der Waals surface area contributed by atoms with Gasteiger partial charge < -0.3 is 30.0 Å². The van der Waals surface area contributed by atoms with E-state index in [1.54, 1.807) is 43.5 Å². The van der Waals surface area contributed by atoms with E-state index in [0.717, 1.165) is 0 Å². The molecule has 36 heavy (non-hydrogen) atoms. The number of carboxylic acids is 1. The highest BCUT2D eigenvalue weighted by Gasteiger charge is 2.26. The highest BCUT2D eigenvalue weighted by atomic mass is 35.5. The quantitative estimate of drug-likeness (QED) is 0.367. The van der Waals surface area contributed by atoms with Crippen molar-refractivity contribution in [2.45, 2.75) is 31.8 Å². The molecule has 1 aliphatic carbocycles. The number of carboxylic acid groups (broad SMARTS) is 1. The fourth-order valence-corrected chi connectivity index (χ4v) is 4.09. The van der Waals surface area contributed by atoms with E-state index in [1.807, 2.05) is 0 Å². The van der Waals surface area contributed by atoms with Crippen molar-refractivity contribution < 1.29 is 33.7 Å². The van der Waals surface area contributed by atoms with Crippen LogP contribution in [0.2, 0.25) is 5.02 Å². The van der Waals surface area contributed by atoms with Crippen LogP contribution in [0.4, 0.5) is 0 Å². The molecule has 2 aromatic rings. The lowest BCUT2D eigenvalue weighted by Crippen LogP contribution is -2.34. The van der Waals surface area contributed by atoms with Crippen LogP contribution in [0.15, 0.2) is 42.5 Å². The molecular formula is C26H31ClN2O7. The Balaban J connectivity index is 1.38. The Labute approximate surface area is 215 Å². The third kappa shape index (κ3) is 8.13. The van der Waals surface area contributed by atoms with Crippen LogP contribution in [0, 0.1) is 5.92 Å². The number of methoxy groups -OCH3 is 1. The van der Waals surface area contributed by atoms with E-state index in [1.165, 1.54) is 6.07 Å². The second-order valence-electron chi connectivity index (χ2n) is 8.45. The molecule has 0 saturated heterocycles. The van der Waals surface area contributed by atoms with Gasteiger partial charge in [-0.25, -0.2) is 0 Å². The fourth-order valence-electron chi connectivity index (χ4n) is 3.86. The third-order valence-corrected chi connectivity index (χ3v) is 6.17. The topological polar surface area (TPSA) is 123 Å². The number of rotatable bonds is 12. The number of ether oxygens (including phenoxy) is 3. The first-order chi connectivity index (χ1) is 17.4. The van der Waals surface area contributed by atoms with Gasteiger partial charge in [-0.2, -0.15) is 0 Å². The van der Waals surface area contributed by atoms with Crippen molar-refractivity contribution in [1.29, 1.82) is 0 Å². The zero-order valence-corrected chi connectivity index (χ0v) is 20.9. The van der Waals surface area contributed by atoms with Gasteiger partial charge in [-0.3, -0.25) is 14.4 Å². The smallest absolute Gasteiger partial charge is 0.306 e. The average Bonchev–Trinajstić information content (AvgIpc) is 2.88. The zero-order chi connectivity index (χ0) is 25.9. The van der Waals surface area contributed by atoms with Crippen LogP contribution in [-0.4, -0.2) is 62.4 Å². The van der Waals surface area contributed by atoms with E-state index in [4.69, 9.17) is 30.9 Å². The standard InChI is InChI=1S/C26H31ClN2O7/c1-34-14-15-35-23-11-6-19(16-22(23)27)25(31)29-13-12-28-24(30)17-2-7-20(8-3-17)36-21-9-4-18(5-10-21)26(32)33/h2-3,6-8,11,16,18,21H,4-5,9-10,12-15H2,1H3,(H,28,30)(H,29,31)(H,32,33)/t18-,21+. The number of halogens is 1. The van der Waals surface area contributed by atoms with E-state index in [-0.39, 0.29) is 36.9 Å². The van der Waals surface area contributed by atoms with Gasteiger partial charge >= 0.3 is 5.97 Å². The van der Waals surface area contributed by atoms with E-state index in [0.29, 0.717) is 66.5 Å². The Hall–Kier alpha value is -3.30. The zero-order valence-electron chi connectivity index (χ0n) is 20.1. The monoisotopic (exact) mass is 518 g/mol. The number of benzene rings is 2. The van der Waals surface area contributed by atoms with Crippen LogP contribution < -0.4 is 20.1 Å². The lowest BCUT2D eigenvalue weighted by molar-refractivity contribution is -0.143. The Morgan fingerprint density at radius 3 is 2.11 bits per heavy atom. The predicted molar refractivity (Wildman–Crippen MR) is 134 cm³/mol. The van der Waals surface area contributed by atoms with Crippen LogP contribution in [-0.2, 0) is 9.53 Å². The van der Waals surface area contributed by atoms with Crippen molar-refractivity contribution in [3.63, 3.8) is 0 Å². The fraction of sp³-hybridized carbons (Fsp3) is 0.423. The highest BCUT2D eigenvalue weighted by molar-refractivity contribution is 6.32. The summed E-state index contributed by atoms with van der Waals surface area (Å²) < 4.78 is 16.3. The minimum absolute atomic E-state index is 0.0156. The molecule has 0 radical (unpaired) electrons. The minimum atomic E-state index is -0.744. The summed E-state index contributed by atoms with van der Waals surface area (Å²) in [6, 6.07) is 11.6. The maximum absolute atomic E-state index is 12.4. The van der Waals surface area contributed by atoms with Gasteiger partial charge in [0.05, 0.1) is 23.7 Å². The summed E-state index contributed by atoms with van der Waals surface area (Å²) in [5.41, 5.74) is 0.858. The summed E-state index contributed by atoms with van der Waals surface area (Å²) in [6.45, 7) is 1.28. The van der Waals surface area contributed by atoms with Gasteiger partial charge in [0, 0.05) is 31.3 Å². The normalized spacial score (nSPS) is 17.2. The summed E-state index contributed by atoms with van der Waals surface area (Å²) in [4.78, 5) is 35.8. The molecule has 0 bridgehead atoms. The Kier molecular flexibility index (Phi) is 10.4. The second-order valence-corrected chi connectivity index (χ2v) is 8.86. The van der Waals surface area contributed by atoms with Crippen molar-refractivity contribution in [3.05, 3.63) is 58.6 Å². The van der Waals surface area contributed by atoms with Crippen LogP contribution >= 0.6 is 11.6 Å². The van der Waals surface area contributed by atoms with E-state index >= 15 is 0 Å². The summed E-state index contributed by atoms with van der Waals surface area (Å²) in [7, 11) is 1.58. The molecular weight excluding hydrogens is 488 g/mol. The number of aliphatic carboxylic acids is 1. The SMILES string of the molecule is COCCOc1ccc(C(=O)NCCNC(=O)c2ccc(O[C@H]3CC[C@@H](C(=O)O)CC3)cc2)cc1Cl. The molecule has 3 N–H and O–H groups in total. The first kappa shape index (κ1) is 27.3. The molecule has 1 aliphatic rings. The van der Waals surface area contributed by atoms with Crippen LogP contribution in [0.3, 0.4) is 0 Å². The number of carbonyl (C=O) groups is 3. The van der Waals surface area contributed by atoms with Crippen LogP contribution in [0.5, 0.6) is 11.5 Å². The van der Waals surface area contributed by atoms with Gasteiger partial charge in [-0.1, -0.05) is 11.6 Å². The number of nitrogens with one attached hydrogen (secondary N) is 2. The molecule has 1 fully saturated rings. The number of hydrogen-bond donors (Lipinski definition) is 3. The molecule has 9 nitrogen and oxygen atoms in total. The number of amides is 2. The molecule has 10 heteroatoms. The summed E-state index contributed by atoms with van der Waals surface area (Å²) in [5.74, 6) is -0.492. The molecule has 0 heterocycles. The molecule has 1 saturated carbocycles. The summed E-state index contributed by atoms with van der Waals surface area (Å²) in [6.07, 6.45) is 2.60. The maximum atomic E-state index is 12.4. The summed E-state index contributed by atoms with van der Waals surface area (Å²) in [5, 5.41) is 14.9. The van der Waals surface area contributed by atoms with Crippen LogP contribution in [0.25, 0.3) is 0 Å². The first-order valence-corrected chi connectivity index (χ1v) is 12.2. The van der Waals surface area contributed by atoms with E-state index < -0.39 is 5.97 Å². The molecule has 0 atom stereocenters. The predicted octanol–water partition coefficient (Wildman–Crippen LogP) is 3.55. The van der Waals surface area contributed by atoms with Gasteiger partial charge in [0.1, 0.15) is 18.1 Å². The minimum Gasteiger partial charge on any atom is -0.490 e. The van der Waals surface area contributed by atoms with Crippen LogP contribution in [0.1, 0.15) is 46.4 Å². The van der Waals surface area contributed by atoms with Gasteiger partial charge in [0.15, 0.2) is 0 Å². The second kappa shape index (κ2) is 13.7. The van der Waals surface area contributed by atoms with Gasteiger partial charge in [0.2, 0.25) is 0 Å². The Bertz CT molecular complexity index is 1040. The van der Waals surface area contributed by atoms with Gasteiger partial charge in [-0.05, 0) is 68.1 Å². The van der Waals surface area contributed by atoms with Crippen molar-refractivity contribution in [2.24, 2.45) is 5.92 Å². The van der Waals surface area contributed by atoms with Crippen molar-refractivity contribution in [3.8, 4) is 11.5 Å². The Morgan fingerprint density at radius 2 is 1.53 bits per heavy atom. The van der Waals surface area contributed by atoms with Crippen molar-refractivity contribution in [2.75, 3.05) is 33.4 Å². The third-order valence-electron chi connectivity index (χ3n) is 5.88. The Morgan fingerprint density at radius 1 is 0.917 bits per heavy atom. The number of carbonyl (C=O) groups excluding carboxylic acids is 2. The molecule has 0 aliphatic heterocycles. The summed E-state index contributed by atoms with van der Waals surface area (Å²) >= 11 is 6.17. The maximum Gasteiger partial charge on any atom is 0.306 e. The average molecular weight is 519 g/mol. The lowest BCUT2D eigenvalue weighted by atomic mass is 9.87. The van der Waals surface area contributed by atoms with Gasteiger partial charge in [0.25, 0.3) is 11.8 Å². The largest absolute Gasteiger partial charge is 0.490 e. The molecule has 194 valence electrons. The lowest BCUT2D eigenvalue weighted by Gasteiger charge is -2.26. The van der Waals surface area contributed by atoms with E-state index in [2.05, 4.69) is 10.6 Å². The first-order valence-electron chi connectivity index (χ1n) is 11.8. The van der Waals surface area contributed by atoms with E-state index in [9.17, 15) is 14.4 Å². The molecule has 0 aromatic heterocycles.